The van der Waals surface area contributed by atoms with Gasteiger partial charge in [-0.3, -0.25) is 4.79 Å². The quantitative estimate of drug-likeness (QED) is 0.800. The number of benzene rings is 2. The van der Waals surface area contributed by atoms with Crippen molar-refractivity contribution < 1.29 is 18.7 Å². The Morgan fingerprint density at radius 2 is 1.59 bits per heavy atom. The molecule has 2 rings (SSSR count). The van der Waals surface area contributed by atoms with E-state index in [0.717, 1.165) is 5.75 Å². The fourth-order valence-corrected chi connectivity index (χ4v) is 1.84. The summed E-state index contributed by atoms with van der Waals surface area (Å²) in [5.74, 6) is 0.817. The maximum Gasteiger partial charge on any atom is 0.251 e. The van der Waals surface area contributed by atoms with Crippen LogP contribution >= 0.6 is 0 Å². The molecule has 0 heterocycles. The highest BCUT2D eigenvalue weighted by molar-refractivity contribution is 5.94. The van der Waals surface area contributed by atoms with E-state index >= 15 is 0 Å². The first kappa shape index (κ1) is 15.8. The molecule has 0 aliphatic carbocycles. The number of amides is 1. The van der Waals surface area contributed by atoms with Crippen LogP contribution in [-0.4, -0.2) is 25.7 Å². The normalized spacial score (nSPS) is 10.1. The molecule has 0 unspecified atom stereocenters. The molecule has 0 fully saturated rings. The van der Waals surface area contributed by atoms with E-state index in [9.17, 15) is 9.18 Å². The molecule has 0 bridgehead atoms. The molecule has 0 aliphatic rings. The third kappa shape index (κ3) is 4.77. The van der Waals surface area contributed by atoms with E-state index in [0.29, 0.717) is 31.1 Å². The van der Waals surface area contributed by atoms with E-state index in [-0.39, 0.29) is 11.7 Å². The lowest BCUT2D eigenvalue weighted by Gasteiger charge is -2.08. The van der Waals surface area contributed by atoms with Gasteiger partial charge in [0.2, 0.25) is 0 Å². The minimum Gasteiger partial charge on any atom is -0.494 e. The molecule has 0 spiro atoms. The number of hydrogen-bond donors (Lipinski definition) is 1. The van der Waals surface area contributed by atoms with Crippen LogP contribution in [0.15, 0.2) is 48.5 Å². The van der Waals surface area contributed by atoms with Crippen LogP contribution in [0.4, 0.5) is 4.39 Å². The van der Waals surface area contributed by atoms with Crippen molar-refractivity contribution in [2.24, 2.45) is 0 Å². The number of carbonyl (C=O) groups is 1. The second kappa shape index (κ2) is 8.02. The molecule has 5 heteroatoms. The van der Waals surface area contributed by atoms with E-state index in [1.807, 2.05) is 6.92 Å². The molecule has 0 saturated heterocycles. The lowest BCUT2D eigenvalue weighted by molar-refractivity contribution is 0.0947. The molecule has 2 aromatic carbocycles. The van der Waals surface area contributed by atoms with E-state index in [1.54, 1.807) is 36.4 Å². The third-order valence-corrected chi connectivity index (χ3v) is 2.90. The van der Waals surface area contributed by atoms with Crippen LogP contribution in [0, 0.1) is 5.82 Å². The summed E-state index contributed by atoms with van der Waals surface area (Å²) in [4.78, 5) is 11.9. The fourth-order valence-electron chi connectivity index (χ4n) is 1.84. The molecule has 1 amide bonds. The van der Waals surface area contributed by atoms with Gasteiger partial charge in [-0.25, -0.2) is 4.39 Å². The zero-order chi connectivity index (χ0) is 15.8. The van der Waals surface area contributed by atoms with Crippen molar-refractivity contribution in [2.75, 3.05) is 19.8 Å². The summed E-state index contributed by atoms with van der Waals surface area (Å²) >= 11 is 0. The number of hydrogen-bond acceptors (Lipinski definition) is 3. The SMILES string of the molecule is CCOc1ccc(C(=O)NCCOc2ccc(F)cc2)cc1. The summed E-state index contributed by atoms with van der Waals surface area (Å²) in [5.41, 5.74) is 0.560. The Morgan fingerprint density at radius 1 is 1.00 bits per heavy atom. The van der Waals surface area contributed by atoms with E-state index in [2.05, 4.69) is 5.32 Å². The van der Waals surface area contributed by atoms with E-state index < -0.39 is 0 Å². The standard InChI is InChI=1S/C17H18FNO3/c1-2-21-15-7-3-13(4-8-15)17(20)19-11-12-22-16-9-5-14(18)6-10-16/h3-10H,2,11-12H2,1H3,(H,19,20). The molecule has 0 radical (unpaired) electrons. The molecule has 0 atom stereocenters. The second-order valence-corrected chi connectivity index (χ2v) is 4.52. The maximum absolute atomic E-state index is 12.7. The van der Waals surface area contributed by atoms with Gasteiger partial charge in [0.15, 0.2) is 0 Å². The van der Waals surface area contributed by atoms with Crippen LogP contribution in [0.1, 0.15) is 17.3 Å². The van der Waals surface area contributed by atoms with Crippen LogP contribution in [0.25, 0.3) is 0 Å². The molecule has 4 nitrogen and oxygen atoms in total. The smallest absolute Gasteiger partial charge is 0.251 e. The van der Waals surface area contributed by atoms with Crippen molar-refractivity contribution in [3.8, 4) is 11.5 Å². The Kier molecular flexibility index (Phi) is 5.77. The van der Waals surface area contributed by atoms with Crippen molar-refractivity contribution in [3.63, 3.8) is 0 Å². The minimum absolute atomic E-state index is 0.175. The highest BCUT2D eigenvalue weighted by atomic mass is 19.1. The van der Waals surface area contributed by atoms with Gasteiger partial charge in [-0.2, -0.15) is 0 Å². The predicted octanol–water partition coefficient (Wildman–Crippen LogP) is 3.03. The molecule has 2 aromatic rings. The molecule has 1 N–H and O–H groups in total. The molecular weight excluding hydrogens is 285 g/mol. The van der Waals surface area contributed by atoms with Gasteiger partial charge in [-0.15, -0.1) is 0 Å². The number of carbonyl (C=O) groups excluding carboxylic acids is 1. The molecule has 116 valence electrons. The summed E-state index contributed by atoms with van der Waals surface area (Å²) in [6.07, 6.45) is 0. The van der Waals surface area contributed by atoms with Gasteiger partial charge in [0, 0.05) is 5.56 Å². The van der Waals surface area contributed by atoms with Crippen molar-refractivity contribution in [2.45, 2.75) is 6.92 Å². The Labute approximate surface area is 128 Å². The first-order chi connectivity index (χ1) is 10.7. The molecule has 0 aliphatic heterocycles. The molecule has 22 heavy (non-hydrogen) atoms. The summed E-state index contributed by atoms with van der Waals surface area (Å²) in [7, 11) is 0. The highest BCUT2D eigenvalue weighted by Gasteiger charge is 2.05. The van der Waals surface area contributed by atoms with Gasteiger partial charge in [0.1, 0.15) is 23.9 Å². The minimum atomic E-state index is -0.309. The van der Waals surface area contributed by atoms with Gasteiger partial charge in [0.05, 0.1) is 13.2 Å². The lowest BCUT2D eigenvalue weighted by Crippen LogP contribution is -2.28. The fraction of sp³-hybridized carbons (Fsp3) is 0.235. The number of ether oxygens (including phenoxy) is 2. The Balaban J connectivity index is 1.74. The van der Waals surface area contributed by atoms with Crippen molar-refractivity contribution in [3.05, 3.63) is 59.9 Å². The Bertz CT molecular complexity index is 596. The van der Waals surface area contributed by atoms with E-state index in [4.69, 9.17) is 9.47 Å². The van der Waals surface area contributed by atoms with Crippen molar-refractivity contribution in [1.29, 1.82) is 0 Å². The Morgan fingerprint density at radius 3 is 2.23 bits per heavy atom. The largest absolute Gasteiger partial charge is 0.494 e. The topological polar surface area (TPSA) is 47.6 Å². The second-order valence-electron chi connectivity index (χ2n) is 4.52. The number of rotatable bonds is 7. The third-order valence-electron chi connectivity index (χ3n) is 2.90. The van der Waals surface area contributed by atoms with Gasteiger partial charge in [0.25, 0.3) is 5.91 Å². The Hall–Kier alpha value is -2.56. The van der Waals surface area contributed by atoms with Crippen LogP contribution in [0.3, 0.4) is 0 Å². The van der Waals surface area contributed by atoms with Gasteiger partial charge in [-0.1, -0.05) is 0 Å². The first-order valence-electron chi connectivity index (χ1n) is 7.08. The van der Waals surface area contributed by atoms with Gasteiger partial charge >= 0.3 is 0 Å². The van der Waals surface area contributed by atoms with Crippen LogP contribution in [0.2, 0.25) is 0 Å². The summed E-state index contributed by atoms with van der Waals surface area (Å²) < 4.78 is 23.4. The number of nitrogens with one attached hydrogen (secondary N) is 1. The van der Waals surface area contributed by atoms with Gasteiger partial charge < -0.3 is 14.8 Å². The number of halogens is 1. The molecule has 0 saturated carbocycles. The van der Waals surface area contributed by atoms with Crippen LogP contribution < -0.4 is 14.8 Å². The summed E-state index contributed by atoms with van der Waals surface area (Å²) in [6, 6.07) is 12.7. The average Bonchev–Trinajstić information content (AvgIpc) is 2.54. The van der Waals surface area contributed by atoms with Gasteiger partial charge in [-0.05, 0) is 55.5 Å². The molecular formula is C17H18FNO3. The predicted molar refractivity (Wildman–Crippen MR) is 81.8 cm³/mol. The summed E-state index contributed by atoms with van der Waals surface area (Å²) in [5, 5.41) is 2.75. The highest BCUT2D eigenvalue weighted by Crippen LogP contribution is 2.12. The van der Waals surface area contributed by atoms with Crippen molar-refractivity contribution >= 4 is 5.91 Å². The van der Waals surface area contributed by atoms with Crippen LogP contribution in [-0.2, 0) is 0 Å². The van der Waals surface area contributed by atoms with Crippen LogP contribution in [0.5, 0.6) is 11.5 Å². The molecule has 0 aromatic heterocycles. The average molecular weight is 303 g/mol. The van der Waals surface area contributed by atoms with E-state index in [1.165, 1.54) is 12.1 Å². The summed E-state index contributed by atoms with van der Waals surface area (Å²) in [6.45, 7) is 3.17. The van der Waals surface area contributed by atoms with Crippen molar-refractivity contribution in [1.82, 2.24) is 5.32 Å². The lowest BCUT2D eigenvalue weighted by atomic mass is 10.2. The monoisotopic (exact) mass is 303 g/mol. The maximum atomic E-state index is 12.7. The first-order valence-corrected chi connectivity index (χ1v) is 7.08. The zero-order valence-corrected chi connectivity index (χ0v) is 12.3. The zero-order valence-electron chi connectivity index (χ0n) is 12.3.